The lowest BCUT2D eigenvalue weighted by atomic mass is 9.98. The van der Waals surface area contributed by atoms with Crippen molar-refractivity contribution in [3.8, 4) is 33.4 Å². The predicted molar refractivity (Wildman–Crippen MR) is 171 cm³/mol. The van der Waals surface area contributed by atoms with E-state index in [0.29, 0.717) is 0 Å². The van der Waals surface area contributed by atoms with Gasteiger partial charge in [-0.1, -0.05) is 103 Å². The van der Waals surface area contributed by atoms with Crippen LogP contribution in [0.3, 0.4) is 0 Å². The summed E-state index contributed by atoms with van der Waals surface area (Å²) in [5.41, 5.74) is 8.09. The van der Waals surface area contributed by atoms with Crippen molar-refractivity contribution in [2.75, 3.05) is 0 Å². The first-order chi connectivity index (χ1) is 19.2. The summed E-state index contributed by atoms with van der Waals surface area (Å²) >= 11 is 8.22. The summed E-state index contributed by atoms with van der Waals surface area (Å²) < 4.78 is 2.58. The van der Waals surface area contributed by atoms with Crippen LogP contribution in [0.4, 0.5) is 0 Å². The molecule has 2 aliphatic heterocycles. The first kappa shape index (κ1) is 21.9. The van der Waals surface area contributed by atoms with Crippen LogP contribution in [-0.2, 0) is 0 Å². The SMILES string of the molecule is Clc1ccc2sc3ccc(-c4ccc5c(c4)-c4ccccc4[Si]54c5ccccc5-c5ccccc54)cc3c2c1. The van der Waals surface area contributed by atoms with Crippen molar-refractivity contribution in [1.29, 1.82) is 0 Å². The number of hydrogen-bond acceptors (Lipinski definition) is 1. The molecule has 0 radical (unpaired) electrons. The third kappa shape index (κ3) is 2.79. The van der Waals surface area contributed by atoms with E-state index in [1.807, 2.05) is 17.4 Å². The number of rotatable bonds is 1. The van der Waals surface area contributed by atoms with Crippen molar-refractivity contribution in [2.24, 2.45) is 0 Å². The fourth-order valence-electron chi connectivity index (χ4n) is 7.21. The molecule has 0 unspecified atom stereocenters. The number of halogens is 1. The minimum atomic E-state index is -2.36. The van der Waals surface area contributed by atoms with Gasteiger partial charge >= 0.3 is 0 Å². The first-order valence-corrected chi connectivity index (χ1v) is 16.5. The number of hydrogen-bond donors (Lipinski definition) is 0. The van der Waals surface area contributed by atoms with Crippen molar-refractivity contribution in [3.05, 3.63) is 132 Å². The molecule has 0 aliphatic carbocycles. The minimum absolute atomic E-state index is 0.786. The van der Waals surface area contributed by atoms with Crippen LogP contribution in [0.25, 0.3) is 53.6 Å². The van der Waals surface area contributed by atoms with Crippen LogP contribution in [0.1, 0.15) is 0 Å². The van der Waals surface area contributed by atoms with Crippen LogP contribution in [-0.4, -0.2) is 8.07 Å². The lowest BCUT2D eigenvalue weighted by Crippen LogP contribution is -2.70. The van der Waals surface area contributed by atoms with E-state index >= 15 is 0 Å². The zero-order valence-corrected chi connectivity index (χ0v) is 23.5. The van der Waals surface area contributed by atoms with Crippen LogP contribution in [0.5, 0.6) is 0 Å². The van der Waals surface area contributed by atoms with Crippen LogP contribution in [0.2, 0.25) is 5.02 Å². The summed E-state index contributed by atoms with van der Waals surface area (Å²) in [6, 6.07) is 47.7. The van der Waals surface area contributed by atoms with Crippen LogP contribution < -0.4 is 20.7 Å². The quantitative estimate of drug-likeness (QED) is 0.184. The van der Waals surface area contributed by atoms with E-state index in [-0.39, 0.29) is 0 Å². The summed E-state index contributed by atoms with van der Waals surface area (Å²) in [4.78, 5) is 0. The molecule has 0 fully saturated rings. The van der Waals surface area contributed by atoms with Gasteiger partial charge in [0.2, 0.25) is 0 Å². The molecule has 0 N–H and O–H groups in total. The Labute approximate surface area is 236 Å². The standard InChI is InChI=1S/C36H21ClSSi/c37-24-15-17-32-29(21-24)28-19-22(13-16-31(28)38-32)23-14-18-36-30(20-23)27-9-3-6-12-35(27)39(36)33-10-4-1-7-25(33)26-8-2-5-11-34(26)39/h1-21H. The molecule has 1 spiro atoms. The monoisotopic (exact) mass is 548 g/mol. The molecule has 0 saturated heterocycles. The second kappa shape index (κ2) is 7.80. The summed E-state index contributed by atoms with van der Waals surface area (Å²) in [5.74, 6) is 0. The summed E-state index contributed by atoms with van der Waals surface area (Å²) in [6.45, 7) is 0. The van der Waals surface area contributed by atoms with Gasteiger partial charge < -0.3 is 0 Å². The molecule has 0 bridgehead atoms. The Morgan fingerprint density at radius 2 is 0.923 bits per heavy atom. The van der Waals surface area contributed by atoms with Gasteiger partial charge in [0, 0.05) is 25.2 Å². The lowest BCUT2D eigenvalue weighted by molar-refractivity contribution is 1.66. The Morgan fingerprint density at radius 1 is 0.436 bits per heavy atom. The minimum Gasteiger partial charge on any atom is -0.135 e. The summed E-state index contributed by atoms with van der Waals surface area (Å²) in [5, 5.41) is 9.37. The zero-order valence-electron chi connectivity index (χ0n) is 20.9. The van der Waals surface area contributed by atoms with Crippen molar-refractivity contribution in [1.82, 2.24) is 0 Å². The third-order valence-corrected chi connectivity index (χ3v) is 15.1. The Kier molecular flexibility index (Phi) is 4.38. The van der Waals surface area contributed by atoms with Gasteiger partial charge in [0.15, 0.2) is 8.07 Å². The zero-order chi connectivity index (χ0) is 25.7. The van der Waals surface area contributed by atoms with Gasteiger partial charge in [0.25, 0.3) is 0 Å². The van der Waals surface area contributed by atoms with E-state index in [0.717, 1.165) is 5.02 Å². The van der Waals surface area contributed by atoms with E-state index in [4.69, 9.17) is 11.6 Å². The van der Waals surface area contributed by atoms with Crippen LogP contribution in [0.15, 0.2) is 127 Å². The van der Waals surface area contributed by atoms with Gasteiger partial charge in [-0.15, -0.1) is 11.3 Å². The molecule has 0 amide bonds. The number of fused-ring (bicyclic) bond motifs is 13. The normalized spacial score (nSPS) is 14.0. The highest BCUT2D eigenvalue weighted by Gasteiger charge is 2.53. The number of thiophene rings is 1. The van der Waals surface area contributed by atoms with Crippen LogP contribution in [0, 0.1) is 0 Å². The van der Waals surface area contributed by atoms with Crippen molar-refractivity contribution >= 4 is 71.9 Å². The van der Waals surface area contributed by atoms with Crippen LogP contribution >= 0.6 is 22.9 Å². The smallest absolute Gasteiger partial charge is 0.135 e. The van der Waals surface area contributed by atoms with Gasteiger partial charge in [-0.3, -0.25) is 0 Å². The molecule has 0 saturated carbocycles. The van der Waals surface area contributed by atoms with Gasteiger partial charge in [0.05, 0.1) is 0 Å². The fraction of sp³-hybridized carbons (Fsp3) is 0. The maximum absolute atomic E-state index is 6.38. The van der Waals surface area contributed by atoms with Crippen molar-refractivity contribution in [3.63, 3.8) is 0 Å². The Morgan fingerprint density at radius 3 is 1.59 bits per heavy atom. The highest BCUT2D eigenvalue weighted by atomic mass is 35.5. The molecule has 7 aromatic rings. The topological polar surface area (TPSA) is 0 Å². The molecule has 1 aromatic heterocycles. The molecular weight excluding hydrogens is 528 g/mol. The van der Waals surface area contributed by atoms with E-state index in [1.54, 1.807) is 0 Å². The Bertz CT molecular complexity index is 2110. The van der Waals surface area contributed by atoms with E-state index < -0.39 is 8.07 Å². The molecule has 3 heteroatoms. The summed E-state index contributed by atoms with van der Waals surface area (Å²) in [6.07, 6.45) is 0. The molecule has 182 valence electrons. The molecule has 9 rings (SSSR count). The highest BCUT2D eigenvalue weighted by molar-refractivity contribution is 7.26. The maximum atomic E-state index is 6.38. The van der Waals surface area contributed by atoms with Crippen molar-refractivity contribution in [2.45, 2.75) is 0 Å². The Hall–Kier alpha value is -3.95. The van der Waals surface area contributed by atoms with E-state index in [1.165, 1.54) is 74.3 Å². The predicted octanol–water partition coefficient (Wildman–Crippen LogP) is 7.71. The molecule has 39 heavy (non-hydrogen) atoms. The molecule has 3 heterocycles. The molecule has 6 aromatic carbocycles. The fourth-order valence-corrected chi connectivity index (χ4v) is 14.0. The third-order valence-electron chi connectivity index (χ3n) is 8.76. The molecule has 2 aliphatic rings. The Balaban J connectivity index is 1.31. The second-order valence-corrected chi connectivity index (χ2v) is 15.8. The lowest BCUT2D eigenvalue weighted by Gasteiger charge is -2.27. The van der Waals surface area contributed by atoms with Gasteiger partial charge in [-0.2, -0.15) is 0 Å². The second-order valence-electron chi connectivity index (χ2n) is 10.6. The van der Waals surface area contributed by atoms with E-state index in [9.17, 15) is 0 Å². The molecule has 0 atom stereocenters. The number of benzene rings is 6. The maximum Gasteiger partial charge on any atom is 0.182 e. The first-order valence-electron chi connectivity index (χ1n) is 13.3. The summed E-state index contributed by atoms with van der Waals surface area (Å²) in [7, 11) is -2.36. The van der Waals surface area contributed by atoms with Gasteiger partial charge in [-0.25, -0.2) is 0 Å². The average Bonchev–Trinajstić information content (AvgIpc) is 3.60. The largest absolute Gasteiger partial charge is 0.182 e. The van der Waals surface area contributed by atoms with Gasteiger partial charge in [-0.05, 0) is 90.5 Å². The van der Waals surface area contributed by atoms with Gasteiger partial charge in [0.1, 0.15) is 0 Å². The average molecular weight is 549 g/mol. The molecule has 0 nitrogen and oxygen atoms in total. The van der Waals surface area contributed by atoms with E-state index in [2.05, 4.69) is 121 Å². The molecular formula is C36H21ClSSi. The highest BCUT2D eigenvalue weighted by Crippen LogP contribution is 2.40. The van der Waals surface area contributed by atoms with Crippen molar-refractivity contribution < 1.29 is 0 Å².